The van der Waals surface area contributed by atoms with E-state index in [1.54, 1.807) is 0 Å². The van der Waals surface area contributed by atoms with Gasteiger partial charge in [-0.05, 0) is 31.2 Å². The van der Waals surface area contributed by atoms with Crippen molar-refractivity contribution in [3.05, 3.63) is 12.3 Å². The molecule has 5 heteroatoms. The van der Waals surface area contributed by atoms with E-state index in [4.69, 9.17) is 4.98 Å². The molecule has 1 atom stereocenters. The van der Waals surface area contributed by atoms with Gasteiger partial charge in [0.05, 0.1) is 0 Å². The Hall–Kier alpha value is -1.36. The van der Waals surface area contributed by atoms with E-state index in [0.29, 0.717) is 6.04 Å². The van der Waals surface area contributed by atoms with Crippen molar-refractivity contribution in [1.82, 2.24) is 14.9 Å². The maximum Gasteiger partial charge on any atom is 0.224 e. The number of hydrogen-bond acceptors (Lipinski definition) is 5. The van der Waals surface area contributed by atoms with E-state index in [9.17, 15) is 0 Å². The lowest BCUT2D eigenvalue weighted by atomic mass is 10.2. The summed E-state index contributed by atoms with van der Waals surface area (Å²) in [5.41, 5.74) is 0. The third kappa shape index (κ3) is 4.80. The van der Waals surface area contributed by atoms with Crippen LogP contribution in [-0.4, -0.2) is 53.6 Å². The standard InChI is InChI=1S/C18H31N5/c1-15(2)13-22-12-8-16(14-22)20-18-19-9-7-17(21-18)23-10-5-3-4-6-11-23/h7,9,15-16H,3-6,8,10-14H2,1-2H3,(H,19,20,21)/t16-/m1/s1. The van der Waals surface area contributed by atoms with Gasteiger partial charge in [0, 0.05) is 45.0 Å². The monoisotopic (exact) mass is 317 g/mol. The zero-order valence-corrected chi connectivity index (χ0v) is 14.7. The van der Waals surface area contributed by atoms with Crippen molar-refractivity contribution < 1.29 is 0 Å². The second kappa shape index (κ2) is 7.95. The van der Waals surface area contributed by atoms with Crippen LogP contribution >= 0.6 is 0 Å². The molecule has 0 spiro atoms. The quantitative estimate of drug-likeness (QED) is 0.904. The van der Waals surface area contributed by atoms with Crippen LogP contribution in [0.2, 0.25) is 0 Å². The van der Waals surface area contributed by atoms with E-state index >= 15 is 0 Å². The fraction of sp³-hybridized carbons (Fsp3) is 0.778. The van der Waals surface area contributed by atoms with Crippen LogP contribution in [-0.2, 0) is 0 Å². The number of hydrogen-bond donors (Lipinski definition) is 1. The van der Waals surface area contributed by atoms with E-state index in [1.165, 1.54) is 45.2 Å². The molecular weight excluding hydrogens is 286 g/mol. The summed E-state index contributed by atoms with van der Waals surface area (Å²) in [6.07, 6.45) is 8.33. The Labute approximate surface area is 140 Å². The summed E-state index contributed by atoms with van der Waals surface area (Å²) in [5.74, 6) is 2.61. The molecule has 0 amide bonds. The van der Waals surface area contributed by atoms with E-state index < -0.39 is 0 Å². The van der Waals surface area contributed by atoms with Gasteiger partial charge in [0.25, 0.3) is 0 Å². The normalized spacial score (nSPS) is 23.3. The van der Waals surface area contributed by atoms with Crippen molar-refractivity contribution in [1.29, 1.82) is 0 Å². The van der Waals surface area contributed by atoms with Crippen LogP contribution in [0.25, 0.3) is 0 Å². The van der Waals surface area contributed by atoms with Gasteiger partial charge in [0.15, 0.2) is 0 Å². The average Bonchev–Trinajstić information content (AvgIpc) is 2.79. The van der Waals surface area contributed by atoms with E-state index in [2.05, 4.69) is 40.0 Å². The lowest BCUT2D eigenvalue weighted by molar-refractivity contribution is 0.296. The minimum Gasteiger partial charge on any atom is -0.356 e. The highest BCUT2D eigenvalue weighted by atomic mass is 15.3. The van der Waals surface area contributed by atoms with Gasteiger partial charge < -0.3 is 15.1 Å². The number of likely N-dealkylation sites (tertiary alicyclic amines) is 1. The molecule has 3 heterocycles. The molecule has 3 rings (SSSR count). The first-order chi connectivity index (χ1) is 11.2. The summed E-state index contributed by atoms with van der Waals surface area (Å²) < 4.78 is 0. The van der Waals surface area contributed by atoms with Crippen LogP contribution in [0.15, 0.2) is 12.3 Å². The van der Waals surface area contributed by atoms with Crippen LogP contribution in [0, 0.1) is 5.92 Å². The van der Waals surface area contributed by atoms with Gasteiger partial charge in [-0.25, -0.2) is 4.98 Å². The Morgan fingerprint density at radius 3 is 2.70 bits per heavy atom. The highest BCUT2D eigenvalue weighted by molar-refractivity contribution is 5.43. The predicted octanol–water partition coefficient (Wildman–Crippen LogP) is 3.00. The molecule has 0 unspecified atom stereocenters. The minimum absolute atomic E-state index is 0.480. The van der Waals surface area contributed by atoms with Gasteiger partial charge in [-0.15, -0.1) is 0 Å². The van der Waals surface area contributed by atoms with Gasteiger partial charge in [-0.2, -0.15) is 4.98 Å². The third-order valence-electron chi connectivity index (χ3n) is 4.80. The lowest BCUT2D eigenvalue weighted by Gasteiger charge is -2.22. The Morgan fingerprint density at radius 1 is 1.17 bits per heavy atom. The first-order valence-electron chi connectivity index (χ1n) is 9.27. The first kappa shape index (κ1) is 16.5. The summed E-state index contributed by atoms with van der Waals surface area (Å²) in [7, 11) is 0. The molecule has 0 aliphatic carbocycles. The van der Waals surface area contributed by atoms with Crippen LogP contribution in [0.4, 0.5) is 11.8 Å². The highest BCUT2D eigenvalue weighted by Gasteiger charge is 2.23. The zero-order chi connectivity index (χ0) is 16.1. The number of rotatable bonds is 5. The average molecular weight is 317 g/mol. The van der Waals surface area contributed by atoms with Crippen LogP contribution in [0.1, 0.15) is 46.0 Å². The van der Waals surface area contributed by atoms with Gasteiger partial charge in [0.2, 0.25) is 5.95 Å². The van der Waals surface area contributed by atoms with Gasteiger partial charge >= 0.3 is 0 Å². The molecule has 0 bridgehead atoms. The second-order valence-corrected chi connectivity index (χ2v) is 7.42. The molecular formula is C18H31N5. The van der Waals surface area contributed by atoms with Crippen molar-refractivity contribution in [3.8, 4) is 0 Å². The SMILES string of the molecule is CC(C)CN1CC[C@@H](Nc2nccc(N3CCCCCC3)n2)C1. The van der Waals surface area contributed by atoms with Crippen LogP contribution in [0.3, 0.4) is 0 Å². The van der Waals surface area contributed by atoms with Crippen LogP contribution < -0.4 is 10.2 Å². The molecule has 1 aromatic rings. The van der Waals surface area contributed by atoms with E-state index in [-0.39, 0.29) is 0 Å². The van der Waals surface area contributed by atoms with Gasteiger partial charge in [-0.1, -0.05) is 26.7 Å². The zero-order valence-electron chi connectivity index (χ0n) is 14.7. The Bertz CT molecular complexity index is 482. The van der Waals surface area contributed by atoms with E-state index in [0.717, 1.165) is 37.3 Å². The van der Waals surface area contributed by atoms with Crippen molar-refractivity contribution >= 4 is 11.8 Å². The molecule has 2 fully saturated rings. The topological polar surface area (TPSA) is 44.3 Å². The number of nitrogens with zero attached hydrogens (tertiary/aromatic N) is 4. The number of nitrogens with one attached hydrogen (secondary N) is 1. The Balaban J connectivity index is 1.57. The third-order valence-corrected chi connectivity index (χ3v) is 4.80. The van der Waals surface area contributed by atoms with Gasteiger partial charge in [0.1, 0.15) is 5.82 Å². The fourth-order valence-electron chi connectivity index (χ4n) is 3.71. The van der Waals surface area contributed by atoms with Crippen molar-refractivity contribution in [2.24, 2.45) is 5.92 Å². The Morgan fingerprint density at radius 2 is 1.96 bits per heavy atom. The maximum atomic E-state index is 4.77. The van der Waals surface area contributed by atoms with Crippen molar-refractivity contribution in [2.75, 3.05) is 42.9 Å². The molecule has 2 saturated heterocycles. The first-order valence-corrected chi connectivity index (χ1v) is 9.27. The number of anilines is 2. The molecule has 0 saturated carbocycles. The summed E-state index contributed by atoms with van der Waals surface area (Å²) in [6, 6.07) is 2.53. The molecule has 23 heavy (non-hydrogen) atoms. The van der Waals surface area contributed by atoms with Crippen LogP contribution in [0.5, 0.6) is 0 Å². The largest absolute Gasteiger partial charge is 0.356 e. The fourth-order valence-corrected chi connectivity index (χ4v) is 3.71. The smallest absolute Gasteiger partial charge is 0.224 e. The summed E-state index contributed by atoms with van der Waals surface area (Å²) >= 11 is 0. The predicted molar refractivity (Wildman–Crippen MR) is 96.0 cm³/mol. The van der Waals surface area contributed by atoms with Crippen molar-refractivity contribution in [3.63, 3.8) is 0 Å². The number of aromatic nitrogens is 2. The molecule has 2 aliphatic heterocycles. The van der Waals surface area contributed by atoms with Gasteiger partial charge in [-0.3, -0.25) is 0 Å². The lowest BCUT2D eigenvalue weighted by Crippen LogP contribution is -2.30. The second-order valence-electron chi connectivity index (χ2n) is 7.42. The van der Waals surface area contributed by atoms with E-state index in [1.807, 2.05) is 6.20 Å². The Kier molecular flexibility index (Phi) is 5.70. The summed E-state index contributed by atoms with van der Waals surface area (Å²) in [6.45, 7) is 10.3. The molecule has 0 aromatic carbocycles. The summed E-state index contributed by atoms with van der Waals surface area (Å²) in [4.78, 5) is 14.2. The summed E-state index contributed by atoms with van der Waals surface area (Å²) in [5, 5.41) is 3.55. The molecule has 128 valence electrons. The molecule has 2 aliphatic rings. The molecule has 5 nitrogen and oxygen atoms in total. The maximum absolute atomic E-state index is 4.77. The molecule has 1 N–H and O–H groups in total. The molecule has 0 radical (unpaired) electrons. The minimum atomic E-state index is 0.480. The van der Waals surface area contributed by atoms with Crippen molar-refractivity contribution in [2.45, 2.75) is 52.0 Å². The molecule has 1 aromatic heterocycles. The highest BCUT2D eigenvalue weighted by Crippen LogP contribution is 2.19.